The molecule has 0 atom stereocenters. The molecule has 0 saturated carbocycles. The number of para-hydroxylation sites is 1. The third-order valence-electron chi connectivity index (χ3n) is 3.09. The molecule has 0 aliphatic carbocycles. The molecular formula is C14H11BN2O2. The second-order valence-electron chi connectivity index (χ2n) is 4.38. The lowest BCUT2D eigenvalue weighted by molar-refractivity contribution is 0.256. The number of fused-ring (bicyclic) bond motifs is 1. The number of amides is 2. The molecule has 1 heterocycles. The lowest BCUT2D eigenvalue weighted by Crippen LogP contribution is -2.23. The molecule has 19 heavy (non-hydrogen) atoms. The Labute approximate surface area is 110 Å². The van der Waals surface area contributed by atoms with E-state index in [1.54, 1.807) is 13.2 Å². The first-order valence-electron chi connectivity index (χ1n) is 5.94. The zero-order chi connectivity index (χ0) is 13.4. The SMILES string of the molecule is Bc1ccc(-c2cccc3c2=NC(=O)N=3)c(OC)c1. The zero-order valence-electron chi connectivity index (χ0n) is 10.7. The van der Waals surface area contributed by atoms with Crippen LogP contribution in [0.25, 0.3) is 11.1 Å². The summed E-state index contributed by atoms with van der Waals surface area (Å²) in [6.07, 6.45) is 0. The molecule has 0 spiro atoms. The number of hydrogen-bond acceptors (Lipinski definition) is 2. The summed E-state index contributed by atoms with van der Waals surface area (Å²) in [5.74, 6) is 0.767. The van der Waals surface area contributed by atoms with Crippen LogP contribution in [0.5, 0.6) is 5.75 Å². The highest BCUT2D eigenvalue weighted by Gasteiger charge is 2.13. The Hall–Kier alpha value is -2.43. The summed E-state index contributed by atoms with van der Waals surface area (Å²) in [5, 5.41) is 1.24. The number of methoxy groups -OCH3 is 1. The van der Waals surface area contributed by atoms with Gasteiger partial charge in [-0.1, -0.05) is 29.7 Å². The summed E-state index contributed by atoms with van der Waals surface area (Å²) >= 11 is 0. The van der Waals surface area contributed by atoms with Crippen LogP contribution in [0.1, 0.15) is 0 Å². The molecule has 0 N–H and O–H groups in total. The normalized spacial score (nSPS) is 12.6. The first kappa shape index (κ1) is 11.7. The summed E-state index contributed by atoms with van der Waals surface area (Å²) in [7, 11) is 3.64. The van der Waals surface area contributed by atoms with Crippen LogP contribution in [0, 0.1) is 0 Å². The molecule has 2 aromatic rings. The Morgan fingerprint density at radius 2 is 1.95 bits per heavy atom. The highest BCUT2D eigenvalue weighted by Crippen LogP contribution is 2.25. The molecule has 5 heteroatoms. The summed E-state index contributed by atoms with van der Waals surface area (Å²) in [6.45, 7) is 0. The van der Waals surface area contributed by atoms with Gasteiger partial charge in [-0.15, -0.1) is 0 Å². The molecule has 4 nitrogen and oxygen atoms in total. The average Bonchev–Trinajstić information content (AvgIpc) is 2.78. The van der Waals surface area contributed by atoms with Crippen LogP contribution in [0.3, 0.4) is 0 Å². The van der Waals surface area contributed by atoms with Crippen LogP contribution in [0.15, 0.2) is 46.4 Å². The quantitative estimate of drug-likeness (QED) is 0.704. The second-order valence-corrected chi connectivity index (χ2v) is 4.38. The Morgan fingerprint density at radius 3 is 2.74 bits per heavy atom. The van der Waals surface area contributed by atoms with Gasteiger partial charge in [0.1, 0.15) is 19.0 Å². The Kier molecular flexibility index (Phi) is 2.67. The molecule has 0 radical (unpaired) electrons. The topological polar surface area (TPSA) is 51.0 Å². The zero-order valence-corrected chi connectivity index (χ0v) is 10.7. The Bertz CT molecular complexity index is 800. The van der Waals surface area contributed by atoms with Gasteiger partial charge >= 0.3 is 6.03 Å². The molecule has 0 fully saturated rings. The maximum Gasteiger partial charge on any atom is 0.368 e. The Balaban J connectivity index is 2.32. The van der Waals surface area contributed by atoms with Gasteiger partial charge in [0, 0.05) is 11.1 Å². The van der Waals surface area contributed by atoms with Crippen LogP contribution < -0.4 is 20.9 Å². The lowest BCUT2D eigenvalue weighted by atomic mass is 9.92. The van der Waals surface area contributed by atoms with Crippen molar-refractivity contribution in [3.8, 4) is 16.9 Å². The second kappa shape index (κ2) is 4.35. The molecule has 0 saturated heterocycles. The van der Waals surface area contributed by atoms with E-state index in [1.807, 2.05) is 38.2 Å². The molecule has 2 aromatic carbocycles. The lowest BCUT2D eigenvalue weighted by Gasteiger charge is -2.09. The molecule has 1 aliphatic heterocycles. The van der Waals surface area contributed by atoms with E-state index in [9.17, 15) is 4.79 Å². The molecule has 0 unspecified atom stereocenters. The monoisotopic (exact) mass is 250 g/mol. The van der Waals surface area contributed by atoms with E-state index < -0.39 is 6.03 Å². The minimum Gasteiger partial charge on any atom is -0.496 e. The minimum atomic E-state index is -0.450. The van der Waals surface area contributed by atoms with E-state index in [0.717, 1.165) is 22.3 Å². The standard InChI is InChI=1S/C14H11BN2O2/c1-19-12-7-8(15)5-6-9(12)10-3-2-4-11-13(10)17-14(18)16-11/h2-7H,15H2,1H3. The summed E-state index contributed by atoms with van der Waals surface area (Å²) < 4.78 is 5.41. The van der Waals surface area contributed by atoms with Gasteiger partial charge in [0.05, 0.1) is 12.5 Å². The van der Waals surface area contributed by atoms with Crippen molar-refractivity contribution < 1.29 is 9.53 Å². The van der Waals surface area contributed by atoms with E-state index in [0.29, 0.717) is 10.7 Å². The highest BCUT2D eigenvalue weighted by atomic mass is 16.5. The van der Waals surface area contributed by atoms with Crippen LogP contribution in [-0.4, -0.2) is 21.0 Å². The van der Waals surface area contributed by atoms with Crippen LogP contribution in [0.2, 0.25) is 0 Å². The predicted octanol–water partition coefficient (Wildman–Crippen LogP) is -0.00660. The number of ether oxygens (including phenoxy) is 1. The average molecular weight is 250 g/mol. The third kappa shape index (κ3) is 1.93. The van der Waals surface area contributed by atoms with Gasteiger partial charge in [0.2, 0.25) is 0 Å². The van der Waals surface area contributed by atoms with Gasteiger partial charge in [0.25, 0.3) is 0 Å². The van der Waals surface area contributed by atoms with Crippen molar-refractivity contribution in [1.29, 1.82) is 0 Å². The number of carbonyl (C=O) groups is 1. The Morgan fingerprint density at radius 1 is 1.11 bits per heavy atom. The van der Waals surface area contributed by atoms with Crippen molar-refractivity contribution in [2.24, 2.45) is 9.98 Å². The van der Waals surface area contributed by atoms with Gasteiger partial charge < -0.3 is 4.74 Å². The number of benzene rings is 2. The summed E-state index contributed by atoms with van der Waals surface area (Å²) in [6, 6.07) is 11.1. The number of carbonyl (C=O) groups excluding carboxylic acids is 1. The van der Waals surface area contributed by atoms with Gasteiger partial charge in [-0.05, 0) is 12.1 Å². The van der Waals surface area contributed by atoms with Gasteiger partial charge in [-0.25, -0.2) is 4.79 Å². The molecule has 3 rings (SSSR count). The van der Waals surface area contributed by atoms with Crippen molar-refractivity contribution in [3.63, 3.8) is 0 Å². The summed E-state index contributed by atoms with van der Waals surface area (Å²) in [5.41, 5.74) is 2.90. The van der Waals surface area contributed by atoms with Crippen LogP contribution in [-0.2, 0) is 0 Å². The van der Waals surface area contributed by atoms with Crippen LogP contribution in [0.4, 0.5) is 4.79 Å². The molecule has 0 bridgehead atoms. The maximum absolute atomic E-state index is 11.3. The van der Waals surface area contributed by atoms with E-state index in [2.05, 4.69) is 9.98 Å². The molecule has 92 valence electrons. The number of urea groups is 1. The molecule has 2 amide bonds. The van der Waals surface area contributed by atoms with Crippen molar-refractivity contribution in [3.05, 3.63) is 47.1 Å². The smallest absolute Gasteiger partial charge is 0.368 e. The third-order valence-corrected chi connectivity index (χ3v) is 3.09. The van der Waals surface area contributed by atoms with Crippen LogP contribution >= 0.6 is 0 Å². The van der Waals surface area contributed by atoms with Gasteiger partial charge in [-0.3, -0.25) is 0 Å². The fourth-order valence-electron chi connectivity index (χ4n) is 2.20. The molecule has 1 aliphatic rings. The first-order valence-corrected chi connectivity index (χ1v) is 5.94. The van der Waals surface area contributed by atoms with Gasteiger partial charge in [0.15, 0.2) is 0 Å². The minimum absolute atomic E-state index is 0.450. The fraction of sp³-hybridized carbons (Fsp3) is 0.0714. The number of hydrogen-bond donors (Lipinski definition) is 0. The van der Waals surface area contributed by atoms with Crippen molar-refractivity contribution in [2.75, 3.05) is 7.11 Å². The fourth-order valence-corrected chi connectivity index (χ4v) is 2.20. The number of nitrogens with zero attached hydrogens (tertiary/aromatic N) is 2. The van der Waals surface area contributed by atoms with E-state index >= 15 is 0 Å². The maximum atomic E-state index is 11.3. The largest absolute Gasteiger partial charge is 0.496 e. The van der Waals surface area contributed by atoms with Crippen molar-refractivity contribution in [1.82, 2.24) is 0 Å². The summed E-state index contributed by atoms with van der Waals surface area (Å²) in [4.78, 5) is 19.2. The van der Waals surface area contributed by atoms with E-state index in [4.69, 9.17) is 4.74 Å². The van der Waals surface area contributed by atoms with Crippen molar-refractivity contribution >= 4 is 19.3 Å². The van der Waals surface area contributed by atoms with E-state index in [-0.39, 0.29) is 0 Å². The number of rotatable bonds is 2. The first-order chi connectivity index (χ1) is 9.19. The predicted molar refractivity (Wildman–Crippen MR) is 74.3 cm³/mol. The van der Waals surface area contributed by atoms with Crippen molar-refractivity contribution in [2.45, 2.75) is 0 Å². The molecular weight excluding hydrogens is 239 g/mol. The van der Waals surface area contributed by atoms with Gasteiger partial charge in [-0.2, -0.15) is 9.98 Å². The molecule has 0 aromatic heterocycles. The van der Waals surface area contributed by atoms with E-state index in [1.165, 1.54) is 0 Å². The highest BCUT2D eigenvalue weighted by molar-refractivity contribution is 6.32.